The molecule has 22 heavy (non-hydrogen) atoms. The Balaban J connectivity index is 1.46. The zero-order valence-electron chi connectivity index (χ0n) is 13.6. The molecule has 0 saturated heterocycles. The van der Waals surface area contributed by atoms with Crippen LogP contribution < -0.4 is 0 Å². The molecule has 3 rings (SSSR count). The zero-order chi connectivity index (χ0) is 15.7. The van der Waals surface area contributed by atoms with Gasteiger partial charge < -0.3 is 0 Å². The van der Waals surface area contributed by atoms with E-state index in [0.717, 1.165) is 36.5 Å². The smallest absolute Gasteiger partial charge is 0.289 e. The van der Waals surface area contributed by atoms with Gasteiger partial charge in [-0.2, -0.15) is 0 Å². The second-order valence-corrected chi connectivity index (χ2v) is 8.11. The highest BCUT2D eigenvalue weighted by Gasteiger charge is 2.40. The first-order chi connectivity index (χ1) is 10.4. The Morgan fingerprint density at radius 3 is 1.82 bits per heavy atom. The summed E-state index contributed by atoms with van der Waals surface area (Å²) in [6.45, 7) is 2.38. The molecule has 0 bridgehead atoms. The summed E-state index contributed by atoms with van der Waals surface area (Å²) in [6.07, 6.45) is 6.15. The molecule has 0 amide bonds. The summed E-state index contributed by atoms with van der Waals surface area (Å²) < 4.78 is 41.1. The normalized spacial score (nSPS) is 43.6. The molecule has 0 N–H and O–H groups in total. The average molecular weight is 318 g/mol. The van der Waals surface area contributed by atoms with E-state index in [2.05, 4.69) is 11.7 Å². The number of hydrogen-bond acceptors (Lipinski definition) is 1. The van der Waals surface area contributed by atoms with Crippen LogP contribution in [0.1, 0.15) is 71.1 Å². The second-order valence-electron chi connectivity index (χ2n) is 8.11. The fraction of sp³-hybridized carbons (Fsp3) is 1.00. The highest BCUT2D eigenvalue weighted by atomic mass is 19.4. The van der Waals surface area contributed by atoms with Gasteiger partial charge in [0.15, 0.2) is 0 Å². The molecule has 1 nitrogen and oxygen atoms in total. The van der Waals surface area contributed by atoms with Crippen LogP contribution in [0, 0.1) is 29.6 Å². The zero-order valence-corrected chi connectivity index (χ0v) is 13.6. The Labute approximate surface area is 132 Å². The maximum absolute atomic E-state index is 12.3. The van der Waals surface area contributed by atoms with Gasteiger partial charge >= 0.3 is 6.36 Å². The van der Waals surface area contributed by atoms with Gasteiger partial charge in [-0.3, -0.25) is 4.74 Å². The fourth-order valence-corrected chi connectivity index (χ4v) is 5.46. The van der Waals surface area contributed by atoms with Crippen LogP contribution in [-0.2, 0) is 4.74 Å². The predicted octanol–water partition coefficient (Wildman–Crippen LogP) is 5.93. The second kappa shape index (κ2) is 6.70. The van der Waals surface area contributed by atoms with Crippen LogP contribution in [0.5, 0.6) is 0 Å². The number of alkyl halides is 3. The first kappa shape index (κ1) is 16.6. The SMILES string of the molecule is CC1CCC2CC(C3CCC(OC(F)(F)F)CC3)CCC2C1. The summed E-state index contributed by atoms with van der Waals surface area (Å²) in [7, 11) is 0. The largest absolute Gasteiger partial charge is 0.522 e. The third kappa shape index (κ3) is 4.18. The third-order valence-electron chi connectivity index (χ3n) is 6.60. The quantitative estimate of drug-likeness (QED) is 0.613. The highest BCUT2D eigenvalue weighted by molar-refractivity contribution is 4.89. The summed E-state index contributed by atoms with van der Waals surface area (Å²) in [5.74, 6) is 4.15. The fourth-order valence-electron chi connectivity index (χ4n) is 5.46. The lowest BCUT2D eigenvalue weighted by molar-refractivity contribution is -0.346. The molecule has 4 heteroatoms. The van der Waals surface area contributed by atoms with Gasteiger partial charge in [0.2, 0.25) is 0 Å². The van der Waals surface area contributed by atoms with Crippen molar-refractivity contribution >= 4 is 0 Å². The van der Waals surface area contributed by atoms with Crippen molar-refractivity contribution in [1.29, 1.82) is 0 Å². The maximum atomic E-state index is 12.3. The summed E-state index contributed by atoms with van der Waals surface area (Å²) in [6, 6.07) is 0. The summed E-state index contributed by atoms with van der Waals surface area (Å²) >= 11 is 0. The number of ether oxygens (including phenoxy) is 1. The lowest BCUT2D eigenvalue weighted by Crippen LogP contribution is -2.35. The summed E-state index contributed by atoms with van der Waals surface area (Å²) in [4.78, 5) is 0. The molecular formula is C18H29F3O. The first-order valence-corrected chi connectivity index (χ1v) is 9.15. The van der Waals surface area contributed by atoms with Crippen molar-refractivity contribution < 1.29 is 17.9 Å². The summed E-state index contributed by atoms with van der Waals surface area (Å²) in [5.41, 5.74) is 0. The van der Waals surface area contributed by atoms with E-state index in [1.54, 1.807) is 0 Å². The molecule has 3 aliphatic rings. The monoisotopic (exact) mass is 318 g/mol. The Hall–Kier alpha value is -0.250. The van der Waals surface area contributed by atoms with E-state index in [1.807, 2.05) is 0 Å². The molecule has 0 aliphatic heterocycles. The van der Waals surface area contributed by atoms with Gasteiger partial charge in [0.05, 0.1) is 6.10 Å². The van der Waals surface area contributed by atoms with Crippen molar-refractivity contribution in [1.82, 2.24) is 0 Å². The van der Waals surface area contributed by atoms with E-state index in [-0.39, 0.29) is 0 Å². The van der Waals surface area contributed by atoms with Crippen LogP contribution in [0.25, 0.3) is 0 Å². The minimum atomic E-state index is -4.46. The van der Waals surface area contributed by atoms with Gasteiger partial charge in [-0.1, -0.05) is 13.3 Å². The van der Waals surface area contributed by atoms with Gasteiger partial charge in [-0.15, -0.1) is 13.2 Å². The predicted molar refractivity (Wildman–Crippen MR) is 80.2 cm³/mol. The van der Waals surface area contributed by atoms with Crippen molar-refractivity contribution in [3.63, 3.8) is 0 Å². The van der Waals surface area contributed by atoms with Crippen molar-refractivity contribution in [2.75, 3.05) is 0 Å². The van der Waals surface area contributed by atoms with Gasteiger partial charge in [-0.25, -0.2) is 0 Å². The van der Waals surface area contributed by atoms with E-state index in [1.165, 1.54) is 38.5 Å². The standard InChI is InChI=1S/C18H29F3O/c1-12-2-3-16-11-15(5-4-14(16)10-12)13-6-8-17(9-7-13)22-18(19,20)21/h12-17H,2-11H2,1H3. The first-order valence-electron chi connectivity index (χ1n) is 9.15. The molecule has 128 valence electrons. The van der Waals surface area contributed by atoms with Gasteiger partial charge in [0.1, 0.15) is 0 Å². The van der Waals surface area contributed by atoms with Crippen LogP contribution in [0.15, 0.2) is 0 Å². The molecule has 3 saturated carbocycles. The lowest BCUT2D eigenvalue weighted by atomic mass is 9.61. The van der Waals surface area contributed by atoms with Crippen molar-refractivity contribution in [3.8, 4) is 0 Å². The molecule has 3 fully saturated rings. The number of hydrogen-bond donors (Lipinski definition) is 0. The van der Waals surface area contributed by atoms with Crippen LogP contribution in [-0.4, -0.2) is 12.5 Å². The van der Waals surface area contributed by atoms with Crippen molar-refractivity contribution in [3.05, 3.63) is 0 Å². The molecular weight excluding hydrogens is 289 g/mol. The molecule has 0 aromatic heterocycles. The minimum Gasteiger partial charge on any atom is -0.289 e. The van der Waals surface area contributed by atoms with E-state index in [4.69, 9.17) is 0 Å². The molecule has 0 heterocycles. The van der Waals surface area contributed by atoms with Crippen molar-refractivity contribution in [2.24, 2.45) is 29.6 Å². The van der Waals surface area contributed by atoms with E-state index in [9.17, 15) is 13.2 Å². The third-order valence-corrected chi connectivity index (χ3v) is 6.60. The molecule has 0 aromatic carbocycles. The molecule has 3 aliphatic carbocycles. The van der Waals surface area contributed by atoms with Crippen LogP contribution in [0.4, 0.5) is 13.2 Å². The average Bonchev–Trinajstić information content (AvgIpc) is 2.46. The summed E-state index contributed by atoms with van der Waals surface area (Å²) in [5, 5.41) is 0. The molecule has 0 spiro atoms. The number of halogens is 3. The Bertz CT molecular complexity index is 360. The van der Waals surface area contributed by atoms with E-state index in [0.29, 0.717) is 18.8 Å². The van der Waals surface area contributed by atoms with Gasteiger partial charge in [0.25, 0.3) is 0 Å². The van der Waals surface area contributed by atoms with Crippen molar-refractivity contribution in [2.45, 2.75) is 83.6 Å². The van der Waals surface area contributed by atoms with E-state index < -0.39 is 12.5 Å². The van der Waals surface area contributed by atoms with Gasteiger partial charge in [-0.05, 0) is 87.4 Å². The van der Waals surface area contributed by atoms with Crippen LogP contribution in [0.3, 0.4) is 0 Å². The minimum absolute atomic E-state index is 0.589. The molecule has 0 aromatic rings. The Morgan fingerprint density at radius 1 is 0.682 bits per heavy atom. The molecule has 4 atom stereocenters. The Kier molecular flexibility index (Phi) is 5.06. The number of fused-ring (bicyclic) bond motifs is 1. The van der Waals surface area contributed by atoms with E-state index >= 15 is 0 Å². The topological polar surface area (TPSA) is 9.23 Å². The maximum Gasteiger partial charge on any atom is 0.522 e. The Morgan fingerprint density at radius 2 is 1.18 bits per heavy atom. The van der Waals surface area contributed by atoms with Crippen LogP contribution in [0.2, 0.25) is 0 Å². The molecule has 0 radical (unpaired) electrons. The lowest BCUT2D eigenvalue weighted by Gasteiger charge is -2.45. The highest BCUT2D eigenvalue weighted by Crippen LogP contribution is 2.48. The number of rotatable bonds is 2. The van der Waals surface area contributed by atoms with Gasteiger partial charge in [0, 0.05) is 0 Å². The van der Waals surface area contributed by atoms with Crippen LogP contribution >= 0.6 is 0 Å². The molecule has 4 unspecified atom stereocenters.